The zero-order valence-electron chi connectivity index (χ0n) is 14.8. The smallest absolute Gasteiger partial charge is 0.315 e. The van der Waals surface area contributed by atoms with Crippen LogP contribution in [0, 0.1) is 11.6 Å². The molecule has 1 saturated carbocycles. The Morgan fingerprint density at radius 2 is 1.92 bits per heavy atom. The van der Waals surface area contributed by atoms with Crippen LogP contribution in [0.25, 0.3) is 0 Å². The monoisotopic (exact) mass is 360 g/mol. The number of ether oxygens (including phenoxy) is 1. The third kappa shape index (κ3) is 3.79. The molecule has 0 heterocycles. The lowest BCUT2D eigenvalue weighted by molar-refractivity contribution is 0.236. The van der Waals surface area contributed by atoms with Crippen LogP contribution in [-0.2, 0) is 5.41 Å². The summed E-state index contributed by atoms with van der Waals surface area (Å²) in [5, 5.41) is 5.64. The summed E-state index contributed by atoms with van der Waals surface area (Å²) in [5.74, 6) is -1.01. The maximum Gasteiger partial charge on any atom is 0.315 e. The number of nitrogens with one attached hydrogen (secondary N) is 2. The fraction of sp³-hybridized carbons (Fsp3) is 0.350. The van der Waals surface area contributed by atoms with Gasteiger partial charge < -0.3 is 15.4 Å². The Kier molecular flexibility index (Phi) is 5.11. The van der Waals surface area contributed by atoms with Gasteiger partial charge in [0.15, 0.2) is 11.6 Å². The predicted molar refractivity (Wildman–Crippen MR) is 95.2 cm³/mol. The Morgan fingerprint density at radius 1 is 1.19 bits per heavy atom. The molecule has 3 rings (SSSR count). The third-order valence-corrected chi connectivity index (χ3v) is 4.91. The van der Waals surface area contributed by atoms with Gasteiger partial charge in [-0.25, -0.2) is 13.6 Å². The summed E-state index contributed by atoms with van der Waals surface area (Å²) in [5.41, 5.74) is 1.50. The molecule has 2 amide bonds. The minimum absolute atomic E-state index is 0.102. The normalized spacial score (nSPS) is 15.8. The van der Waals surface area contributed by atoms with Crippen LogP contribution in [0.3, 0.4) is 0 Å². The van der Waals surface area contributed by atoms with E-state index >= 15 is 0 Å². The largest absolute Gasteiger partial charge is 0.496 e. The molecule has 0 saturated heterocycles. The van der Waals surface area contributed by atoms with Crippen LogP contribution in [0.4, 0.5) is 13.6 Å². The fourth-order valence-electron chi connectivity index (χ4n) is 3.14. The van der Waals surface area contributed by atoms with E-state index in [1.165, 1.54) is 6.07 Å². The van der Waals surface area contributed by atoms with Crippen molar-refractivity contribution in [2.24, 2.45) is 0 Å². The van der Waals surface area contributed by atoms with Crippen LogP contribution >= 0.6 is 0 Å². The van der Waals surface area contributed by atoms with Crippen LogP contribution in [0.2, 0.25) is 0 Å². The number of urea groups is 1. The zero-order chi connectivity index (χ0) is 18.7. The molecule has 1 aliphatic rings. The van der Waals surface area contributed by atoms with E-state index in [9.17, 15) is 13.6 Å². The highest BCUT2D eigenvalue weighted by Gasteiger charge is 2.46. The first-order chi connectivity index (χ1) is 12.4. The molecule has 1 aliphatic carbocycles. The van der Waals surface area contributed by atoms with Crippen LogP contribution in [0.5, 0.6) is 5.75 Å². The first-order valence-electron chi connectivity index (χ1n) is 8.58. The van der Waals surface area contributed by atoms with Crippen LogP contribution in [0.1, 0.15) is 36.9 Å². The SMILES string of the molecule is COc1ccccc1C1(CNC(=O)NC(C)c2ccc(F)c(F)c2)CC1. The first-order valence-corrected chi connectivity index (χ1v) is 8.58. The average molecular weight is 360 g/mol. The van der Waals surface area contributed by atoms with Crippen molar-refractivity contribution in [3.05, 3.63) is 65.2 Å². The highest BCUT2D eigenvalue weighted by atomic mass is 19.2. The van der Waals surface area contributed by atoms with Gasteiger partial charge in [-0.1, -0.05) is 24.3 Å². The number of carbonyl (C=O) groups is 1. The summed E-state index contributed by atoms with van der Waals surface area (Å²) in [6, 6.07) is 10.6. The molecule has 0 radical (unpaired) electrons. The summed E-state index contributed by atoms with van der Waals surface area (Å²) < 4.78 is 31.8. The second-order valence-corrected chi connectivity index (χ2v) is 6.70. The number of rotatable bonds is 6. The van der Waals surface area contributed by atoms with Gasteiger partial charge in [0, 0.05) is 17.5 Å². The van der Waals surface area contributed by atoms with E-state index in [1.807, 2.05) is 24.3 Å². The van der Waals surface area contributed by atoms with Gasteiger partial charge in [-0.2, -0.15) is 0 Å². The lowest BCUT2D eigenvalue weighted by Crippen LogP contribution is -2.41. The van der Waals surface area contributed by atoms with E-state index in [1.54, 1.807) is 14.0 Å². The molecule has 2 aromatic carbocycles. The zero-order valence-corrected chi connectivity index (χ0v) is 14.8. The van der Waals surface area contributed by atoms with E-state index < -0.39 is 17.7 Å². The van der Waals surface area contributed by atoms with Gasteiger partial charge in [-0.3, -0.25) is 0 Å². The van der Waals surface area contributed by atoms with Crippen LogP contribution in [0.15, 0.2) is 42.5 Å². The number of hydrogen-bond donors (Lipinski definition) is 2. The Labute approximate surface area is 151 Å². The molecule has 0 aromatic heterocycles. The summed E-state index contributed by atoms with van der Waals surface area (Å²) in [4.78, 5) is 12.2. The Balaban J connectivity index is 1.59. The molecule has 1 unspecified atom stereocenters. The Bertz CT molecular complexity index is 806. The van der Waals surface area contributed by atoms with Crippen molar-refractivity contribution in [3.63, 3.8) is 0 Å². The number of methoxy groups -OCH3 is 1. The second-order valence-electron chi connectivity index (χ2n) is 6.70. The topological polar surface area (TPSA) is 50.4 Å². The van der Waals surface area contributed by atoms with Crippen molar-refractivity contribution in [1.29, 1.82) is 0 Å². The minimum atomic E-state index is -0.926. The van der Waals surface area contributed by atoms with E-state index in [4.69, 9.17) is 4.74 Å². The molecule has 0 aliphatic heterocycles. The number of amides is 2. The van der Waals surface area contributed by atoms with Gasteiger partial charge in [-0.05, 0) is 43.5 Å². The molecule has 26 heavy (non-hydrogen) atoms. The average Bonchev–Trinajstić information content (AvgIpc) is 3.43. The molecular formula is C20H22F2N2O2. The number of halogens is 2. The maximum atomic E-state index is 13.3. The quantitative estimate of drug-likeness (QED) is 0.816. The Hall–Kier alpha value is -2.63. The Morgan fingerprint density at radius 3 is 2.58 bits per heavy atom. The number of hydrogen-bond acceptors (Lipinski definition) is 2. The van der Waals surface area contributed by atoms with Gasteiger partial charge in [0.1, 0.15) is 5.75 Å². The minimum Gasteiger partial charge on any atom is -0.496 e. The summed E-state index contributed by atoms with van der Waals surface area (Å²) in [6.45, 7) is 2.21. The van der Waals surface area contributed by atoms with Crippen LogP contribution < -0.4 is 15.4 Å². The lowest BCUT2D eigenvalue weighted by atomic mass is 9.95. The van der Waals surface area contributed by atoms with E-state index in [-0.39, 0.29) is 11.4 Å². The standard InChI is InChI=1S/C20H22F2N2O2/c1-13(14-7-8-16(21)17(22)11-14)24-19(25)23-12-20(9-10-20)15-5-3-4-6-18(15)26-2/h3-8,11,13H,9-10,12H2,1-2H3,(H2,23,24,25). The van der Waals surface area contributed by atoms with Gasteiger partial charge >= 0.3 is 6.03 Å². The maximum absolute atomic E-state index is 13.3. The highest BCUT2D eigenvalue weighted by molar-refractivity contribution is 5.74. The summed E-state index contributed by atoms with van der Waals surface area (Å²) in [7, 11) is 1.64. The summed E-state index contributed by atoms with van der Waals surface area (Å²) >= 11 is 0. The van der Waals surface area contributed by atoms with E-state index in [0.717, 1.165) is 36.3 Å². The molecule has 1 fully saturated rings. The number of benzene rings is 2. The highest BCUT2D eigenvalue weighted by Crippen LogP contribution is 2.50. The van der Waals surface area contributed by atoms with Crippen molar-refractivity contribution >= 4 is 6.03 Å². The van der Waals surface area contributed by atoms with E-state index in [2.05, 4.69) is 10.6 Å². The lowest BCUT2D eigenvalue weighted by Gasteiger charge is -2.21. The second kappa shape index (κ2) is 7.32. The predicted octanol–water partition coefficient (Wildman–Crippen LogP) is 4.07. The molecule has 138 valence electrons. The third-order valence-electron chi connectivity index (χ3n) is 4.91. The van der Waals surface area contributed by atoms with Crippen molar-refractivity contribution in [2.45, 2.75) is 31.2 Å². The first kappa shape index (κ1) is 18.2. The molecular weight excluding hydrogens is 338 g/mol. The van der Waals surface area contributed by atoms with Gasteiger partial charge in [0.25, 0.3) is 0 Å². The van der Waals surface area contributed by atoms with Gasteiger partial charge in [0.05, 0.1) is 13.2 Å². The molecule has 6 heteroatoms. The molecule has 0 bridgehead atoms. The van der Waals surface area contributed by atoms with Gasteiger partial charge in [-0.15, -0.1) is 0 Å². The van der Waals surface area contributed by atoms with Crippen molar-refractivity contribution in [2.75, 3.05) is 13.7 Å². The van der Waals surface area contributed by atoms with E-state index in [0.29, 0.717) is 12.1 Å². The van der Waals surface area contributed by atoms with Gasteiger partial charge in [0.2, 0.25) is 0 Å². The number of carbonyl (C=O) groups excluding carboxylic acids is 1. The molecule has 0 spiro atoms. The van der Waals surface area contributed by atoms with Crippen molar-refractivity contribution in [1.82, 2.24) is 10.6 Å². The fourth-order valence-corrected chi connectivity index (χ4v) is 3.14. The number of para-hydroxylation sites is 1. The molecule has 2 aromatic rings. The molecule has 1 atom stereocenters. The molecule has 4 nitrogen and oxygen atoms in total. The van der Waals surface area contributed by atoms with Crippen molar-refractivity contribution in [3.8, 4) is 5.75 Å². The molecule has 2 N–H and O–H groups in total. The van der Waals surface area contributed by atoms with Crippen molar-refractivity contribution < 1.29 is 18.3 Å². The summed E-state index contributed by atoms with van der Waals surface area (Å²) in [6.07, 6.45) is 1.96. The van der Waals surface area contributed by atoms with Crippen LogP contribution in [-0.4, -0.2) is 19.7 Å².